The number of aromatic nitrogens is 4. The van der Waals surface area contributed by atoms with Gasteiger partial charge in [-0.2, -0.15) is 0 Å². The number of hydrogen-bond donors (Lipinski definition) is 2. The van der Waals surface area contributed by atoms with E-state index in [0.29, 0.717) is 42.4 Å². The quantitative estimate of drug-likeness (QED) is 0.445. The van der Waals surface area contributed by atoms with E-state index < -0.39 is 27.0 Å². The minimum absolute atomic E-state index is 0.0862. The van der Waals surface area contributed by atoms with Gasteiger partial charge in [0, 0.05) is 43.5 Å². The molecule has 3 aromatic rings. The van der Waals surface area contributed by atoms with Gasteiger partial charge in [0.05, 0.1) is 11.4 Å². The van der Waals surface area contributed by atoms with E-state index in [0.717, 1.165) is 37.0 Å². The normalized spacial score (nSPS) is 25.5. The highest BCUT2D eigenvalue weighted by molar-refractivity contribution is 7.89. The molecule has 2 saturated heterocycles. The van der Waals surface area contributed by atoms with Crippen LogP contribution < -0.4 is 14.9 Å². The molecule has 38 heavy (non-hydrogen) atoms. The Balaban J connectivity index is 1.59. The monoisotopic (exact) mass is 567 g/mol. The summed E-state index contributed by atoms with van der Waals surface area (Å²) < 4.78 is 64.5. The summed E-state index contributed by atoms with van der Waals surface area (Å²) in [5.74, 6) is 0. The van der Waals surface area contributed by atoms with Crippen molar-refractivity contribution < 1.29 is 21.9 Å². The minimum Gasteiger partial charge on any atom is -0.372 e. The first-order valence-corrected chi connectivity index (χ1v) is 15.2. The maximum atomic E-state index is 13.6. The number of rotatable bonds is 7. The molecule has 1 unspecified atom stereocenters. The Morgan fingerprint density at radius 3 is 2.58 bits per heavy atom. The van der Waals surface area contributed by atoms with E-state index in [2.05, 4.69) is 39.0 Å². The zero-order valence-corrected chi connectivity index (χ0v) is 23.1. The molecule has 3 aromatic heterocycles. The molecule has 1 aliphatic carbocycles. The van der Waals surface area contributed by atoms with Gasteiger partial charge in [0.1, 0.15) is 16.7 Å². The van der Waals surface area contributed by atoms with Crippen molar-refractivity contribution in [3.05, 3.63) is 23.0 Å². The van der Waals surface area contributed by atoms with Crippen LogP contribution in [0.5, 0.6) is 0 Å². The molecule has 3 aliphatic rings. The smallest absolute Gasteiger partial charge is 0.291 e. The van der Waals surface area contributed by atoms with Crippen LogP contribution in [0.15, 0.2) is 17.2 Å². The summed E-state index contributed by atoms with van der Waals surface area (Å²) in [7, 11) is -3.88. The second-order valence-corrected chi connectivity index (χ2v) is 13.6. The lowest BCUT2D eigenvalue weighted by Crippen LogP contribution is -2.54. The summed E-state index contributed by atoms with van der Waals surface area (Å²) in [4.78, 5) is 7.20. The van der Waals surface area contributed by atoms with Crippen molar-refractivity contribution in [2.24, 2.45) is 0 Å². The molecule has 14 heteroatoms. The third-order valence-corrected chi connectivity index (χ3v) is 9.90. The Hall–Kier alpha value is -2.26. The van der Waals surface area contributed by atoms with E-state index in [1.807, 2.05) is 6.92 Å². The molecule has 2 aliphatic heterocycles. The number of piperazine rings is 1. The van der Waals surface area contributed by atoms with Crippen LogP contribution in [0.25, 0.3) is 16.3 Å². The SMILES string of the molecule is C[C@H]1CN(c2cc(S(=O)(=O)NC3(C)CC3)cn3c(-c4nnc(C(F)F)s4)c(C4CCCO4)nc23)C[C@H](C)N1. The van der Waals surface area contributed by atoms with Crippen LogP contribution >= 0.6 is 11.3 Å². The van der Waals surface area contributed by atoms with E-state index in [4.69, 9.17) is 9.72 Å². The molecule has 0 bridgehead atoms. The lowest BCUT2D eigenvalue weighted by atomic mass is 10.1. The number of nitrogens with one attached hydrogen (secondary N) is 2. The van der Waals surface area contributed by atoms with E-state index in [9.17, 15) is 17.2 Å². The molecular weight excluding hydrogens is 536 g/mol. The maximum Gasteiger partial charge on any atom is 0.291 e. The first-order chi connectivity index (χ1) is 18.0. The van der Waals surface area contributed by atoms with Crippen molar-refractivity contribution in [3.8, 4) is 10.7 Å². The predicted molar refractivity (Wildman–Crippen MR) is 139 cm³/mol. The van der Waals surface area contributed by atoms with Crippen molar-refractivity contribution in [1.29, 1.82) is 0 Å². The summed E-state index contributed by atoms with van der Waals surface area (Å²) in [6.45, 7) is 7.92. The lowest BCUT2D eigenvalue weighted by molar-refractivity contribution is 0.109. The molecule has 0 amide bonds. The fraction of sp³-hybridized carbons (Fsp3) is 0.625. The Labute approximate surface area is 223 Å². The van der Waals surface area contributed by atoms with Crippen LogP contribution in [-0.4, -0.2) is 65.3 Å². The maximum absolute atomic E-state index is 13.6. The van der Waals surface area contributed by atoms with Gasteiger partial charge in [-0.25, -0.2) is 26.9 Å². The van der Waals surface area contributed by atoms with Crippen molar-refractivity contribution >= 4 is 32.7 Å². The largest absolute Gasteiger partial charge is 0.372 e. The van der Waals surface area contributed by atoms with Crippen molar-refractivity contribution in [2.45, 2.75) is 81.5 Å². The van der Waals surface area contributed by atoms with Crippen LogP contribution in [0, 0.1) is 0 Å². The Kier molecular flexibility index (Phi) is 6.45. The highest BCUT2D eigenvalue weighted by Gasteiger charge is 2.42. The molecular formula is C24H31F2N7O3S2. The Morgan fingerprint density at radius 1 is 1.24 bits per heavy atom. The van der Waals surface area contributed by atoms with Crippen LogP contribution in [0.3, 0.4) is 0 Å². The number of pyridine rings is 1. The summed E-state index contributed by atoms with van der Waals surface area (Å²) in [6.07, 6.45) is 1.53. The zero-order valence-electron chi connectivity index (χ0n) is 21.4. The summed E-state index contributed by atoms with van der Waals surface area (Å²) >= 11 is 0.785. The average molecular weight is 568 g/mol. The van der Waals surface area contributed by atoms with Crippen molar-refractivity contribution in [1.82, 2.24) is 29.6 Å². The van der Waals surface area contributed by atoms with E-state index in [1.165, 1.54) is 6.20 Å². The first kappa shape index (κ1) is 26.0. The van der Waals surface area contributed by atoms with Gasteiger partial charge in [0.25, 0.3) is 6.43 Å². The van der Waals surface area contributed by atoms with Gasteiger partial charge in [-0.05, 0) is 52.5 Å². The first-order valence-electron chi connectivity index (χ1n) is 12.9. The molecule has 0 spiro atoms. The van der Waals surface area contributed by atoms with E-state index in [-0.39, 0.29) is 28.1 Å². The van der Waals surface area contributed by atoms with Gasteiger partial charge in [-0.15, -0.1) is 10.2 Å². The van der Waals surface area contributed by atoms with Crippen molar-refractivity contribution in [3.63, 3.8) is 0 Å². The van der Waals surface area contributed by atoms with Crippen molar-refractivity contribution in [2.75, 3.05) is 24.6 Å². The molecule has 206 valence electrons. The van der Waals surface area contributed by atoms with E-state index >= 15 is 0 Å². The summed E-state index contributed by atoms with van der Waals surface area (Å²) in [5.41, 5.74) is 1.75. The summed E-state index contributed by atoms with van der Waals surface area (Å²) in [6, 6.07) is 2.02. The number of imidazole rings is 1. The second kappa shape index (κ2) is 9.44. The Bertz CT molecular complexity index is 1450. The zero-order chi connectivity index (χ0) is 26.8. The van der Waals surface area contributed by atoms with Gasteiger partial charge >= 0.3 is 0 Å². The average Bonchev–Trinajstić information content (AvgIpc) is 3.30. The number of hydrogen-bond acceptors (Lipinski definition) is 9. The minimum atomic E-state index is -3.88. The number of sulfonamides is 1. The third kappa shape index (κ3) is 4.81. The molecule has 6 rings (SSSR count). The third-order valence-electron chi connectivity index (χ3n) is 7.36. The fourth-order valence-corrected chi connectivity index (χ4v) is 7.58. The molecule has 2 N–H and O–H groups in total. The van der Waals surface area contributed by atoms with Gasteiger partial charge in [-0.3, -0.25) is 4.40 Å². The van der Waals surface area contributed by atoms with E-state index in [1.54, 1.807) is 10.5 Å². The topological polar surface area (TPSA) is 114 Å². The number of anilines is 1. The van der Waals surface area contributed by atoms with Gasteiger partial charge < -0.3 is 15.0 Å². The number of alkyl halides is 2. The van der Waals surface area contributed by atoms with Gasteiger partial charge in [0.2, 0.25) is 10.0 Å². The highest BCUT2D eigenvalue weighted by Crippen LogP contribution is 2.41. The number of fused-ring (bicyclic) bond motifs is 1. The molecule has 0 radical (unpaired) electrons. The predicted octanol–water partition coefficient (Wildman–Crippen LogP) is 3.66. The second-order valence-electron chi connectivity index (χ2n) is 10.9. The van der Waals surface area contributed by atoms with Crippen LogP contribution in [0.4, 0.5) is 14.5 Å². The standard InChI is InChI=1S/C24H31F2N7O3S2/c1-13-10-32(11-14(2)27-13)16-9-15(38(34,35)31-24(3)6-7-24)12-33-19(22-29-30-23(37-22)20(25)26)18(28-21(16)33)17-5-4-8-36-17/h9,12-14,17,20,27,31H,4-8,10-11H2,1-3H3/t13-,14-,17?/m0/s1. The molecule has 3 fully saturated rings. The van der Waals surface area contributed by atoms with Gasteiger partial charge in [-0.1, -0.05) is 11.3 Å². The van der Waals surface area contributed by atoms with Gasteiger partial charge in [0.15, 0.2) is 15.7 Å². The number of halogens is 2. The number of ether oxygens (including phenoxy) is 1. The molecule has 1 saturated carbocycles. The molecule has 5 heterocycles. The Morgan fingerprint density at radius 2 is 1.97 bits per heavy atom. The highest BCUT2D eigenvalue weighted by atomic mass is 32.2. The molecule has 3 atom stereocenters. The lowest BCUT2D eigenvalue weighted by Gasteiger charge is -2.37. The van der Waals surface area contributed by atoms with Crippen LogP contribution in [0.2, 0.25) is 0 Å². The molecule has 0 aromatic carbocycles. The van der Waals surface area contributed by atoms with Crippen LogP contribution in [0.1, 0.15) is 69.7 Å². The fourth-order valence-electron chi connectivity index (χ4n) is 5.35. The van der Waals surface area contributed by atoms with Crippen LogP contribution in [-0.2, 0) is 14.8 Å². The molecule has 10 nitrogen and oxygen atoms in total. The summed E-state index contributed by atoms with van der Waals surface area (Å²) in [5, 5.41) is 11.1. The number of nitrogens with zero attached hydrogens (tertiary/aromatic N) is 5.